The van der Waals surface area contributed by atoms with Crippen molar-refractivity contribution in [3.8, 4) is 10.4 Å². The van der Waals surface area contributed by atoms with Crippen molar-refractivity contribution in [2.24, 2.45) is 5.92 Å². The van der Waals surface area contributed by atoms with E-state index in [2.05, 4.69) is 16.9 Å². The first kappa shape index (κ1) is 24.3. The number of halogens is 4. The average Bonchev–Trinajstić information content (AvgIpc) is 3.19. The Kier molecular flexibility index (Phi) is 7.02. The molecule has 1 fully saturated rings. The first-order valence-electron chi connectivity index (χ1n) is 11.2. The largest absolute Gasteiger partial charge is 0.433 e. The second-order valence-electron chi connectivity index (χ2n) is 8.65. The minimum atomic E-state index is -4.49. The highest BCUT2D eigenvalue weighted by Crippen LogP contribution is 2.34. The Balaban J connectivity index is 1.57. The number of amides is 1. The molecule has 1 aliphatic rings. The molecule has 4 rings (SSSR count). The molecule has 4 nitrogen and oxygen atoms in total. The van der Waals surface area contributed by atoms with Gasteiger partial charge in [-0.05, 0) is 68.4 Å². The van der Waals surface area contributed by atoms with Gasteiger partial charge in [0.15, 0.2) is 0 Å². The zero-order valence-corrected chi connectivity index (χ0v) is 19.7. The molecule has 0 saturated carbocycles. The predicted molar refractivity (Wildman–Crippen MR) is 123 cm³/mol. The second kappa shape index (κ2) is 9.82. The first-order valence-corrected chi connectivity index (χ1v) is 12.0. The molecule has 0 bridgehead atoms. The Labute approximate surface area is 199 Å². The first-order chi connectivity index (χ1) is 16.1. The lowest BCUT2D eigenvalue weighted by Gasteiger charge is -2.40. The molecular formula is C25H25F4N3OS. The quantitative estimate of drug-likeness (QED) is 0.381. The number of nitrogens with zero attached hydrogens (tertiary/aromatic N) is 3. The van der Waals surface area contributed by atoms with E-state index in [9.17, 15) is 22.4 Å². The van der Waals surface area contributed by atoms with Crippen molar-refractivity contribution in [3.05, 3.63) is 70.4 Å². The molecule has 1 aromatic carbocycles. The summed E-state index contributed by atoms with van der Waals surface area (Å²) in [6, 6.07) is 9.75. The molecule has 0 N–H and O–H groups in total. The summed E-state index contributed by atoms with van der Waals surface area (Å²) >= 11 is 1.38. The molecule has 3 heterocycles. The van der Waals surface area contributed by atoms with Crippen molar-refractivity contribution in [1.82, 2.24) is 14.9 Å². The molecule has 0 spiro atoms. The molecule has 9 heteroatoms. The van der Waals surface area contributed by atoms with Crippen molar-refractivity contribution in [2.75, 3.05) is 6.54 Å². The summed E-state index contributed by atoms with van der Waals surface area (Å²) in [5, 5.41) is 0.734. The van der Waals surface area contributed by atoms with E-state index < -0.39 is 11.9 Å². The van der Waals surface area contributed by atoms with Crippen molar-refractivity contribution < 1.29 is 22.4 Å². The highest BCUT2D eigenvalue weighted by molar-refractivity contribution is 7.15. The molecule has 1 aliphatic heterocycles. The fraction of sp³-hybridized carbons (Fsp3) is 0.400. The topological polar surface area (TPSA) is 46.1 Å². The lowest BCUT2D eigenvalue weighted by Crippen LogP contribution is -2.48. The van der Waals surface area contributed by atoms with Crippen LogP contribution in [0.3, 0.4) is 0 Å². The Bertz CT molecular complexity index is 1160. The van der Waals surface area contributed by atoms with Gasteiger partial charge in [-0.15, -0.1) is 11.3 Å². The Morgan fingerprint density at radius 1 is 1.15 bits per heavy atom. The number of likely N-dealkylation sites (tertiary alicyclic amines) is 1. The van der Waals surface area contributed by atoms with Crippen LogP contribution in [0.25, 0.3) is 10.4 Å². The smallest absolute Gasteiger partial charge is 0.334 e. The molecule has 1 saturated heterocycles. The number of benzene rings is 1. The zero-order chi connectivity index (χ0) is 24.5. The molecule has 1 amide bonds. The standard InChI is InChI=1S/C25H25F4N3OS/c1-15-5-4-14-32(20(15)13-12-19-6-3-7-21(31-19)25(27,28)29)24(33)22-23(34-16(2)30-22)17-8-10-18(26)11-9-17/h3,6-11,15,20H,4-5,12-14H2,1-2H3/t15-,20-/m1/s1. The van der Waals surface area contributed by atoms with E-state index in [1.54, 1.807) is 18.2 Å². The molecule has 2 atom stereocenters. The monoisotopic (exact) mass is 491 g/mol. The average molecular weight is 492 g/mol. The van der Waals surface area contributed by atoms with Crippen LogP contribution in [0.15, 0.2) is 42.5 Å². The molecule has 2 aromatic heterocycles. The van der Waals surface area contributed by atoms with Crippen LogP contribution in [0.2, 0.25) is 0 Å². The number of pyridine rings is 1. The summed E-state index contributed by atoms with van der Waals surface area (Å²) in [5.41, 5.74) is 0.517. The van der Waals surface area contributed by atoms with E-state index >= 15 is 0 Å². The third kappa shape index (κ3) is 5.29. The van der Waals surface area contributed by atoms with Crippen LogP contribution in [0.5, 0.6) is 0 Å². The summed E-state index contributed by atoms with van der Waals surface area (Å²) < 4.78 is 52.5. The Morgan fingerprint density at radius 3 is 2.59 bits per heavy atom. The predicted octanol–water partition coefficient (Wildman–Crippen LogP) is 6.54. The number of piperidine rings is 1. The van der Waals surface area contributed by atoms with Crippen LogP contribution in [0.1, 0.15) is 53.1 Å². The molecule has 0 aliphatic carbocycles. The van der Waals surface area contributed by atoms with Gasteiger partial charge in [-0.1, -0.05) is 25.1 Å². The highest BCUT2D eigenvalue weighted by atomic mass is 32.1. The molecular weight excluding hydrogens is 466 g/mol. The lowest BCUT2D eigenvalue weighted by atomic mass is 9.87. The van der Waals surface area contributed by atoms with Gasteiger partial charge >= 0.3 is 6.18 Å². The van der Waals surface area contributed by atoms with Gasteiger partial charge in [0.05, 0.1) is 9.88 Å². The second-order valence-corrected chi connectivity index (χ2v) is 9.86. The third-order valence-electron chi connectivity index (χ3n) is 6.21. The van der Waals surface area contributed by atoms with Crippen LogP contribution in [0, 0.1) is 18.7 Å². The molecule has 180 valence electrons. The van der Waals surface area contributed by atoms with Gasteiger partial charge in [-0.3, -0.25) is 4.79 Å². The van der Waals surface area contributed by atoms with Crippen LogP contribution in [-0.4, -0.2) is 33.4 Å². The number of rotatable bonds is 5. The van der Waals surface area contributed by atoms with Gasteiger partial charge in [0.25, 0.3) is 5.91 Å². The van der Waals surface area contributed by atoms with Gasteiger partial charge in [-0.2, -0.15) is 13.2 Å². The fourth-order valence-corrected chi connectivity index (χ4v) is 5.43. The summed E-state index contributed by atoms with van der Waals surface area (Å²) in [7, 11) is 0. The van der Waals surface area contributed by atoms with E-state index in [0.29, 0.717) is 35.7 Å². The van der Waals surface area contributed by atoms with Crippen molar-refractivity contribution >= 4 is 17.2 Å². The summed E-state index contributed by atoms with van der Waals surface area (Å²) in [6.07, 6.45) is -1.86. The normalized spacial score (nSPS) is 18.8. The maximum Gasteiger partial charge on any atom is 0.433 e. The maximum atomic E-state index is 13.7. The lowest BCUT2D eigenvalue weighted by molar-refractivity contribution is -0.141. The van der Waals surface area contributed by atoms with Crippen molar-refractivity contribution in [2.45, 2.75) is 51.7 Å². The van der Waals surface area contributed by atoms with Gasteiger partial charge in [0.1, 0.15) is 17.2 Å². The Hall–Kier alpha value is -2.81. The number of alkyl halides is 3. The van der Waals surface area contributed by atoms with Crippen LogP contribution < -0.4 is 0 Å². The molecule has 3 aromatic rings. The number of aromatic nitrogens is 2. The summed E-state index contributed by atoms with van der Waals surface area (Å²) in [6.45, 7) is 4.45. The molecule has 0 radical (unpaired) electrons. The van der Waals surface area contributed by atoms with E-state index in [-0.39, 0.29) is 23.7 Å². The summed E-state index contributed by atoms with van der Waals surface area (Å²) in [4.78, 5) is 24.4. The van der Waals surface area contributed by atoms with Crippen LogP contribution in [0.4, 0.5) is 17.6 Å². The van der Waals surface area contributed by atoms with E-state index in [1.807, 2.05) is 11.8 Å². The molecule has 0 unspecified atom stereocenters. The van der Waals surface area contributed by atoms with Crippen molar-refractivity contribution in [3.63, 3.8) is 0 Å². The zero-order valence-electron chi connectivity index (χ0n) is 18.9. The number of hydrogen-bond donors (Lipinski definition) is 0. The SMILES string of the molecule is Cc1nc(C(=O)N2CCC[C@@H](C)[C@H]2CCc2cccc(C(F)(F)F)n2)c(-c2ccc(F)cc2)s1. The highest BCUT2D eigenvalue weighted by Gasteiger charge is 2.35. The van der Waals surface area contributed by atoms with E-state index in [1.165, 1.54) is 29.5 Å². The number of hydrogen-bond acceptors (Lipinski definition) is 4. The van der Waals surface area contributed by atoms with Gasteiger partial charge in [0, 0.05) is 18.3 Å². The number of thiazole rings is 1. The summed E-state index contributed by atoms with van der Waals surface area (Å²) in [5.74, 6) is -0.360. The molecule has 34 heavy (non-hydrogen) atoms. The van der Waals surface area contributed by atoms with Crippen molar-refractivity contribution in [1.29, 1.82) is 0 Å². The van der Waals surface area contributed by atoms with E-state index in [4.69, 9.17) is 0 Å². The van der Waals surface area contributed by atoms with Gasteiger partial charge in [0.2, 0.25) is 0 Å². The van der Waals surface area contributed by atoms with Gasteiger partial charge in [-0.25, -0.2) is 14.4 Å². The minimum absolute atomic E-state index is 0.138. The number of carbonyl (C=O) groups is 1. The number of carbonyl (C=O) groups excluding carboxylic acids is 1. The van der Waals surface area contributed by atoms with Gasteiger partial charge < -0.3 is 4.90 Å². The number of aryl methyl sites for hydroxylation is 2. The fourth-order valence-electron chi connectivity index (χ4n) is 4.52. The maximum absolute atomic E-state index is 13.7. The van der Waals surface area contributed by atoms with E-state index in [0.717, 1.165) is 29.5 Å². The third-order valence-corrected chi connectivity index (χ3v) is 7.23. The minimum Gasteiger partial charge on any atom is -0.334 e. The van der Waals surface area contributed by atoms with Crippen LogP contribution in [-0.2, 0) is 12.6 Å². The Morgan fingerprint density at radius 2 is 1.88 bits per heavy atom. The van der Waals surface area contributed by atoms with Crippen LogP contribution >= 0.6 is 11.3 Å².